The quantitative estimate of drug-likeness (QED) is 0.524. The van der Waals surface area contributed by atoms with Gasteiger partial charge in [0.05, 0.1) is 12.1 Å². The zero-order chi connectivity index (χ0) is 17.7. The lowest BCUT2D eigenvalue weighted by Crippen LogP contribution is -2.31. The molecule has 4 heteroatoms. The van der Waals surface area contributed by atoms with Crippen molar-refractivity contribution in [1.29, 1.82) is 0 Å². The van der Waals surface area contributed by atoms with Gasteiger partial charge in [0.15, 0.2) is 0 Å². The Kier molecular flexibility index (Phi) is 5.53. The van der Waals surface area contributed by atoms with Crippen LogP contribution in [0.3, 0.4) is 0 Å². The molecule has 1 unspecified atom stereocenters. The summed E-state index contributed by atoms with van der Waals surface area (Å²) in [5.41, 5.74) is 0. The average molecular weight is 366 g/mol. The number of hydrogen-bond acceptors (Lipinski definition) is 2. The van der Waals surface area contributed by atoms with E-state index in [9.17, 15) is 4.79 Å². The minimum Gasteiger partial charge on any atom is -0.465 e. The van der Waals surface area contributed by atoms with Crippen LogP contribution >= 0.6 is 16.1 Å². The van der Waals surface area contributed by atoms with Gasteiger partial charge in [0, 0.05) is 0 Å². The summed E-state index contributed by atoms with van der Waals surface area (Å²) in [6.07, 6.45) is 0. The summed E-state index contributed by atoms with van der Waals surface area (Å²) in [5, 5.41) is 4.05. The molecule has 0 fully saturated rings. The summed E-state index contributed by atoms with van der Waals surface area (Å²) in [6.45, 7) is -2.31. The maximum Gasteiger partial charge on any atom is 0.338 e. The van der Waals surface area contributed by atoms with Crippen LogP contribution in [-0.2, 0) is 9.53 Å². The van der Waals surface area contributed by atoms with E-state index in [4.69, 9.17) is 4.74 Å². The molecule has 0 aromatic heterocycles. The number of esters is 1. The molecule has 0 aliphatic rings. The Morgan fingerprint density at radius 2 is 1.04 bits per heavy atom. The Morgan fingerprint density at radius 3 is 1.32 bits per heavy atom. The lowest BCUT2D eigenvalue weighted by molar-refractivity contribution is -0.132. The lowest BCUT2D eigenvalue weighted by Gasteiger charge is -2.30. The predicted molar refractivity (Wildman–Crippen MR) is 112 cm³/mol. The van der Waals surface area contributed by atoms with Gasteiger partial charge in [-0.05, 0) is 22.8 Å². The Hall–Kier alpha value is -2.14. The summed E-state index contributed by atoms with van der Waals surface area (Å²) in [6, 6.07) is 30.7. The molecule has 0 saturated heterocycles. The van der Waals surface area contributed by atoms with Gasteiger partial charge in [0.2, 0.25) is 0 Å². The highest BCUT2D eigenvalue weighted by molar-refractivity contribution is 8.02. The molecule has 0 aliphatic carbocycles. The molecule has 0 aliphatic heterocycles. The smallest absolute Gasteiger partial charge is 0.338 e. The minimum absolute atomic E-state index is 0.296. The van der Waals surface area contributed by atoms with Crippen LogP contribution in [0, 0.1) is 0 Å². The van der Waals surface area contributed by atoms with Crippen molar-refractivity contribution in [2.45, 2.75) is 0 Å². The highest BCUT2D eigenvalue weighted by atomic mass is 31.2. The molecule has 0 heterocycles. The zero-order valence-corrected chi connectivity index (χ0v) is 16.1. The Morgan fingerprint density at radius 1 is 0.720 bits per heavy atom. The van der Waals surface area contributed by atoms with Gasteiger partial charge in [-0.1, -0.05) is 100 Å². The largest absolute Gasteiger partial charge is 0.465 e. The van der Waals surface area contributed by atoms with Crippen molar-refractivity contribution < 1.29 is 9.53 Å². The van der Waals surface area contributed by atoms with Crippen molar-refractivity contribution in [2.24, 2.45) is 0 Å². The molecule has 0 bridgehead atoms. The lowest BCUT2D eigenvalue weighted by atomic mass is 10.4. The SMILES string of the molecule is COC(=O)C(P)=P(c1ccccc1)(c1ccccc1)c1ccccc1. The van der Waals surface area contributed by atoms with Crippen molar-refractivity contribution >= 4 is 43.0 Å². The Labute approximate surface area is 151 Å². The van der Waals surface area contributed by atoms with E-state index in [-0.39, 0.29) is 5.97 Å². The van der Waals surface area contributed by atoms with Gasteiger partial charge in [0.1, 0.15) is 0 Å². The molecule has 2 nitrogen and oxygen atoms in total. The number of carbonyl (C=O) groups is 1. The van der Waals surface area contributed by atoms with E-state index in [0.29, 0.717) is 5.03 Å². The van der Waals surface area contributed by atoms with Crippen LogP contribution in [-0.4, -0.2) is 18.1 Å². The Balaban J connectivity index is 2.52. The molecule has 3 aromatic carbocycles. The van der Waals surface area contributed by atoms with Crippen molar-refractivity contribution in [1.82, 2.24) is 0 Å². The van der Waals surface area contributed by atoms with Crippen molar-refractivity contribution in [2.75, 3.05) is 7.11 Å². The molecule has 0 radical (unpaired) electrons. The number of rotatable bonds is 4. The second-order valence-corrected chi connectivity index (χ2v) is 9.99. The fraction of sp³-hybridized carbons (Fsp3) is 0.0476. The number of benzene rings is 3. The van der Waals surface area contributed by atoms with E-state index in [0.717, 1.165) is 15.9 Å². The van der Waals surface area contributed by atoms with Crippen molar-refractivity contribution in [3.63, 3.8) is 0 Å². The fourth-order valence-electron chi connectivity index (χ4n) is 3.06. The first-order valence-corrected chi connectivity index (χ1v) is 10.3. The normalized spacial score (nSPS) is 11.0. The van der Waals surface area contributed by atoms with E-state index in [1.54, 1.807) is 0 Å². The van der Waals surface area contributed by atoms with Crippen LogP contribution in [0.15, 0.2) is 91.0 Å². The highest BCUT2D eigenvalue weighted by Crippen LogP contribution is 2.47. The van der Waals surface area contributed by atoms with Crippen LogP contribution in [0.25, 0.3) is 0 Å². The van der Waals surface area contributed by atoms with Crippen molar-refractivity contribution in [3.8, 4) is 0 Å². The number of carbonyl (C=O) groups excluding carboxylic acids is 1. The van der Waals surface area contributed by atoms with Crippen LogP contribution in [0.5, 0.6) is 0 Å². The molecule has 0 spiro atoms. The Bertz CT molecular complexity index is 801. The second-order valence-electron chi connectivity index (χ2n) is 5.55. The van der Waals surface area contributed by atoms with Gasteiger partial charge in [-0.3, -0.25) is 0 Å². The van der Waals surface area contributed by atoms with E-state index in [1.165, 1.54) is 7.11 Å². The molecule has 1 atom stereocenters. The maximum atomic E-state index is 12.6. The second kappa shape index (κ2) is 7.83. The van der Waals surface area contributed by atoms with E-state index < -0.39 is 6.89 Å². The molecule has 25 heavy (non-hydrogen) atoms. The van der Waals surface area contributed by atoms with Crippen LogP contribution < -0.4 is 15.9 Å². The van der Waals surface area contributed by atoms with Crippen LogP contribution in [0.1, 0.15) is 0 Å². The molecule has 0 N–H and O–H groups in total. The first-order valence-electron chi connectivity index (χ1n) is 7.98. The molecular weight excluding hydrogens is 346 g/mol. The summed E-state index contributed by atoms with van der Waals surface area (Å²) in [4.78, 5) is 12.6. The monoisotopic (exact) mass is 366 g/mol. The number of methoxy groups -OCH3 is 1. The number of hydrogen-bond donors (Lipinski definition) is 0. The van der Waals surface area contributed by atoms with Gasteiger partial charge >= 0.3 is 5.97 Å². The third kappa shape index (κ3) is 3.21. The zero-order valence-electron chi connectivity index (χ0n) is 14.0. The molecule has 3 aromatic rings. The fourth-order valence-corrected chi connectivity index (χ4v) is 8.47. The van der Waals surface area contributed by atoms with E-state index in [1.807, 2.05) is 54.6 Å². The number of ether oxygens (including phenoxy) is 1. The van der Waals surface area contributed by atoms with Crippen LogP contribution in [0.2, 0.25) is 0 Å². The van der Waals surface area contributed by atoms with Crippen molar-refractivity contribution in [3.05, 3.63) is 91.0 Å². The van der Waals surface area contributed by atoms with E-state index >= 15 is 0 Å². The van der Waals surface area contributed by atoms with Gasteiger partial charge in [-0.2, -0.15) is 0 Å². The highest BCUT2D eigenvalue weighted by Gasteiger charge is 2.31. The maximum absolute atomic E-state index is 12.6. The summed E-state index contributed by atoms with van der Waals surface area (Å²) >= 11 is 0. The van der Waals surface area contributed by atoms with Gasteiger partial charge < -0.3 is 4.74 Å². The van der Waals surface area contributed by atoms with Gasteiger partial charge in [-0.15, -0.1) is 0 Å². The summed E-state index contributed by atoms with van der Waals surface area (Å²) in [5.74, 6) is -0.296. The predicted octanol–water partition coefficient (Wildman–Crippen LogP) is 3.16. The van der Waals surface area contributed by atoms with Crippen LogP contribution in [0.4, 0.5) is 0 Å². The van der Waals surface area contributed by atoms with Gasteiger partial charge in [0.25, 0.3) is 0 Å². The average Bonchev–Trinajstić information content (AvgIpc) is 2.70. The molecular formula is C21H20O2P2. The molecule has 126 valence electrons. The first-order chi connectivity index (χ1) is 12.2. The minimum atomic E-state index is -2.31. The topological polar surface area (TPSA) is 26.3 Å². The standard InChI is InChI=1S/C21H20O2P2/c1-23-20(22)21(24)25(17-11-5-2-6-12-17,18-13-7-3-8-14-18)19-15-9-4-10-16-19/h2-16H,24H2,1H3. The third-order valence-corrected chi connectivity index (χ3v) is 9.71. The summed E-state index contributed by atoms with van der Waals surface area (Å²) < 4.78 is 5.11. The van der Waals surface area contributed by atoms with E-state index in [2.05, 4.69) is 45.6 Å². The molecule has 3 rings (SSSR count). The summed E-state index contributed by atoms with van der Waals surface area (Å²) in [7, 11) is 4.11. The first kappa shape index (κ1) is 17.7. The third-order valence-electron chi connectivity index (χ3n) is 4.19. The molecule has 0 saturated carbocycles. The van der Waals surface area contributed by atoms with Gasteiger partial charge in [-0.25, -0.2) is 4.79 Å². The molecule has 0 amide bonds.